The largest absolute Gasteiger partial charge is 0.465 e. The molecule has 0 spiro atoms. The topological polar surface area (TPSA) is 82.2 Å². The highest BCUT2D eigenvalue weighted by atomic mass is 16.5. The van der Waals surface area contributed by atoms with Crippen molar-refractivity contribution in [2.24, 2.45) is 5.92 Å². The lowest BCUT2D eigenvalue weighted by Crippen LogP contribution is -2.23. The van der Waals surface area contributed by atoms with E-state index in [1.54, 1.807) is 4.68 Å². The molecule has 0 saturated heterocycles. The molecule has 1 fully saturated rings. The molecule has 1 aromatic heterocycles. The Hall–Kier alpha value is -1.72. The molecule has 1 aliphatic rings. The van der Waals surface area contributed by atoms with Crippen LogP contribution in [0.25, 0.3) is 0 Å². The fourth-order valence-electron chi connectivity index (χ4n) is 2.80. The summed E-state index contributed by atoms with van der Waals surface area (Å²) in [4.78, 5) is 12.0. The van der Waals surface area contributed by atoms with Gasteiger partial charge in [0.15, 0.2) is 5.82 Å². The number of rotatable bonds is 5. The van der Waals surface area contributed by atoms with Crippen molar-refractivity contribution in [2.75, 3.05) is 18.2 Å². The van der Waals surface area contributed by atoms with Crippen LogP contribution in [-0.2, 0) is 11.3 Å². The molecule has 1 saturated carbocycles. The SMILES string of the molecule is COC(=O)c1c(NC2CCCCC2)nn(CC(C)C)c1N. The number of anilines is 2. The van der Waals surface area contributed by atoms with Crippen molar-refractivity contribution in [1.82, 2.24) is 9.78 Å². The Morgan fingerprint density at radius 1 is 1.43 bits per heavy atom. The molecule has 0 aliphatic heterocycles. The van der Waals surface area contributed by atoms with Gasteiger partial charge in [-0.25, -0.2) is 9.48 Å². The third kappa shape index (κ3) is 3.68. The molecular formula is C15H26N4O2. The molecule has 0 radical (unpaired) electrons. The van der Waals surface area contributed by atoms with Crippen molar-refractivity contribution in [3.05, 3.63) is 5.56 Å². The molecule has 118 valence electrons. The minimum absolute atomic E-state index is 0.365. The van der Waals surface area contributed by atoms with Gasteiger partial charge in [-0.15, -0.1) is 0 Å². The molecule has 0 amide bonds. The fourth-order valence-corrected chi connectivity index (χ4v) is 2.80. The van der Waals surface area contributed by atoms with Gasteiger partial charge >= 0.3 is 5.97 Å². The zero-order valence-electron chi connectivity index (χ0n) is 13.2. The van der Waals surface area contributed by atoms with Crippen LogP contribution < -0.4 is 11.1 Å². The number of ether oxygens (including phenoxy) is 1. The first-order chi connectivity index (χ1) is 10.0. The number of hydrogen-bond acceptors (Lipinski definition) is 5. The number of carbonyl (C=O) groups excluding carboxylic acids is 1. The van der Waals surface area contributed by atoms with Crippen LogP contribution >= 0.6 is 0 Å². The number of carbonyl (C=O) groups is 1. The molecule has 1 aromatic rings. The summed E-state index contributed by atoms with van der Waals surface area (Å²) >= 11 is 0. The maximum absolute atomic E-state index is 12.0. The maximum Gasteiger partial charge on any atom is 0.345 e. The van der Waals surface area contributed by atoms with Crippen molar-refractivity contribution < 1.29 is 9.53 Å². The van der Waals surface area contributed by atoms with Gasteiger partial charge in [0.2, 0.25) is 0 Å². The van der Waals surface area contributed by atoms with E-state index in [-0.39, 0.29) is 0 Å². The normalized spacial score (nSPS) is 16.2. The summed E-state index contributed by atoms with van der Waals surface area (Å²) in [5.74, 6) is 0.918. The molecule has 0 atom stereocenters. The van der Waals surface area contributed by atoms with Gasteiger partial charge in [0.1, 0.15) is 11.4 Å². The van der Waals surface area contributed by atoms with Gasteiger partial charge in [-0.2, -0.15) is 5.10 Å². The van der Waals surface area contributed by atoms with E-state index >= 15 is 0 Å². The Bertz CT molecular complexity index is 490. The number of methoxy groups -OCH3 is 1. The van der Waals surface area contributed by atoms with Gasteiger partial charge in [0.25, 0.3) is 0 Å². The van der Waals surface area contributed by atoms with Crippen LogP contribution in [0.3, 0.4) is 0 Å². The second-order valence-corrected chi connectivity index (χ2v) is 6.16. The first kappa shape index (κ1) is 15.7. The van der Waals surface area contributed by atoms with E-state index in [4.69, 9.17) is 10.5 Å². The van der Waals surface area contributed by atoms with Gasteiger partial charge < -0.3 is 15.8 Å². The Labute approximate surface area is 126 Å². The number of nitrogen functional groups attached to an aromatic ring is 1. The van der Waals surface area contributed by atoms with Crippen LogP contribution in [0.15, 0.2) is 0 Å². The molecule has 6 heteroatoms. The smallest absolute Gasteiger partial charge is 0.345 e. The molecule has 0 bridgehead atoms. The average molecular weight is 294 g/mol. The van der Waals surface area contributed by atoms with E-state index in [2.05, 4.69) is 24.3 Å². The summed E-state index contributed by atoms with van der Waals surface area (Å²) in [7, 11) is 1.37. The van der Waals surface area contributed by atoms with Crippen LogP contribution in [0.4, 0.5) is 11.6 Å². The third-order valence-electron chi connectivity index (χ3n) is 3.87. The summed E-state index contributed by atoms with van der Waals surface area (Å²) < 4.78 is 6.55. The van der Waals surface area contributed by atoms with E-state index in [0.29, 0.717) is 35.7 Å². The number of nitrogens with zero attached hydrogens (tertiary/aromatic N) is 2. The molecular weight excluding hydrogens is 268 g/mol. The Kier molecular flexibility index (Phi) is 5.09. The molecule has 3 N–H and O–H groups in total. The molecule has 0 aromatic carbocycles. The predicted octanol–water partition coefficient (Wildman–Crippen LogP) is 2.65. The molecule has 1 aliphatic carbocycles. The zero-order valence-corrected chi connectivity index (χ0v) is 13.2. The third-order valence-corrected chi connectivity index (χ3v) is 3.87. The number of aromatic nitrogens is 2. The highest BCUT2D eigenvalue weighted by molar-refractivity contribution is 5.99. The second-order valence-electron chi connectivity index (χ2n) is 6.16. The van der Waals surface area contributed by atoms with Crippen LogP contribution in [0.1, 0.15) is 56.3 Å². The number of nitrogens with one attached hydrogen (secondary N) is 1. The van der Waals surface area contributed by atoms with Gasteiger partial charge in [-0.1, -0.05) is 33.1 Å². The number of esters is 1. The van der Waals surface area contributed by atoms with E-state index in [1.807, 2.05) is 0 Å². The zero-order chi connectivity index (χ0) is 15.4. The first-order valence-corrected chi connectivity index (χ1v) is 7.74. The summed E-state index contributed by atoms with van der Waals surface area (Å²) in [6.45, 7) is 4.86. The molecule has 1 heterocycles. The Morgan fingerprint density at radius 2 is 2.10 bits per heavy atom. The lowest BCUT2D eigenvalue weighted by molar-refractivity contribution is 0.0603. The van der Waals surface area contributed by atoms with Crippen molar-refractivity contribution in [2.45, 2.75) is 58.5 Å². The molecule has 21 heavy (non-hydrogen) atoms. The van der Waals surface area contributed by atoms with Crippen LogP contribution in [0.2, 0.25) is 0 Å². The van der Waals surface area contributed by atoms with Crippen molar-refractivity contribution >= 4 is 17.6 Å². The van der Waals surface area contributed by atoms with E-state index in [1.165, 1.54) is 26.4 Å². The van der Waals surface area contributed by atoms with Gasteiger partial charge in [0.05, 0.1) is 7.11 Å². The number of nitrogens with two attached hydrogens (primary N) is 1. The lowest BCUT2D eigenvalue weighted by Gasteiger charge is -2.22. The standard InChI is InChI=1S/C15H26N4O2/c1-10(2)9-19-13(16)12(15(20)21-3)14(18-19)17-11-7-5-4-6-8-11/h10-11H,4-9,16H2,1-3H3,(H,17,18). The lowest BCUT2D eigenvalue weighted by atomic mass is 9.95. The molecule has 0 unspecified atom stereocenters. The summed E-state index contributed by atoms with van der Waals surface area (Å²) in [6, 6.07) is 0.365. The first-order valence-electron chi connectivity index (χ1n) is 7.74. The number of hydrogen-bond donors (Lipinski definition) is 2. The predicted molar refractivity (Wildman–Crippen MR) is 83.3 cm³/mol. The van der Waals surface area contributed by atoms with Gasteiger partial charge in [-0.05, 0) is 18.8 Å². The van der Waals surface area contributed by atoms with Crippen molar-refractivity contribution in [3.63, 3.8) is 0 Å². The van der Waals surface area contributed by atoms with Crippen LogP contribution in [-0.4, -0.2) is 28.9 Å². The van der Waals surface area contributed by atoms with E-state index < -0.39 is 5.97 Å². The maximum atomic E-state index is 12.0. The van der Waals surface area contributed by atoms with Crippen LogP contribution in [0, 0.1) is 5.92 Å². The minimum Gasteiger partial charge on any atom is -0.465 e. The minimum atomic E-state index is -0.430. The fraction of sp³-hybridized carbons (Fsp3) is 0.733. The average Bonchev–Trinajstić information content (AvgIpc) is 2.75. The molecule has 2 rings (SSSR count). The Balaban J connectivity index is 2.26. The van der Waals surface area contributed by atoms with Crippen LogP contribution in [0.5, 0.6) is 0 Å². The monoisotopic (exact) mass is 294 g/mol. The molecule has 6 nitrogen and oxygen atoms in total. The van der Waals surface area contributed by atoms with E-state index in [0.717, 1.165) is 12.8 Å². The quantitative estimate of drug-likeness (QED) is 0.816. The highest BCUT2D eigenvalue weighted by Crippen LogP contribution is 2.27. The highest BCUT2D eigenvalue weighted by Gasteiger charge is 2.25. The summed E-state index contributed by atoms with van der Waals surface area (Å²) in [5, 5.41) is 7.88. The summed E-state index contributed by atoms with van der Waals surface area (Å²) in [6.07, 6.45) is 5.93. The summed E-state index contributed by atoms with van der Waals surface area (Å²) in [5.41, 5.74) is 6.46. The Morgan fingerprint density at radius 3 is 2.67 bits per heavy atom. The van der Waals surface area contributed by atoms with Gasteiger partial charge in [-0.3, -0.25) is 0 Å². The van der Waals surface area contributed by atoms with Crippen molar-refractivity contribution in [1.29, 1.82) is 0 Å². The van der Waals surface area contributed by atoms with Gasteiger partial charge in [0, 0.05) is 12.6 Å². The van der Waals surface area contributed by atoms with E-state index in [9.17, 15) is 4.79 Å². The van der Waals surface area contributed by atoms with Crippen molar-refractivity contribution in [3.8, 4) is 0 Å². The second kappa shape index (κ2) is 6.83.